The highest BCUT2D eigenvalue weighted by Crippen LogP contribution is 2.42. The predicted octanol–water partition coefficient (Wildman–Crippen LogP) is 3.45. The Morgan fingerprint density at radius 2 is 2.09 bits per heavy atom. The molecule has 22 heavy (non-hydrogen) atoms. The number of fused-ring (bicyclic) bond motifs is 1. The first-order chi connectivity index (χ1) is 10.6. The number of hydrogen-bond donors (Lipinski definition) is 2. The first-order valence-electron chi connectivity index (χ1n) is 7.31. The van der Waals surface area contributed by atoms with E-state index in [9.17, 15) is 4.79 Å². The highest BCUT2D eigenvalue weighted by atomic mass is 32.1. The zero-order valence-corrected chi connectivity index (χ0v) is 13.7. The molecule has 1 aromatic carbocycles. The van der Waals surface area contributed by atoms with Crippen LogP contribution in [0.3, 0.4) is 0 Å². The van der Waals surface area contributed by atoms with E-state index in [1.54, 1.807) is 11.3 Å². The van der Waals surface area contributed by atoms with Crippen LogP contribution in [0.1, 0.15) is 36.6 Å². The molecule has 1 unspecified atom stereocenters. The number of carbonyl (C=O) groups excluding carboxylic acids is 1. The number of carbonyl (C=O) groups is 1. The Hall–Kier alpha value is -2.08. The summed E-state index contributed by atoms with van der Waals surface area (Å²) in [6.07, 6.45) is 0.598. The monoisotopic (exact) mass is 317 g/mol. The molecule has 0 bridgehead atoms. The van der Waals surface area contributed by atoms with Gasteiger partial charge in [0.25, 0.3) is 0 Å². The van der Waals surface area contributed by atoms with Crippen LogP contribution in [-0.2, 0) is 4.79 Å². The minimum Gasteiger partial charge on any atom is -0.491 e. The molecule has 0 saturated heterocycles. The minimum atomic E-state index is 0.00737. The van der Waals surface area contributed by atoms with Crippen LogP contribution in [0.5, 0.6) is 5.75 Å². The van der Waals surface area contributed by atoms with Crippen molar-refractivity contribution in [2.24, 2.45) is 0 Å². The van der Waals surface area contributed by atoms with E-state index in [1.165, 1.54) is 0 Å². The highest BCUT2D eigenvalue weighted by Gasteiger charge is 2.30. The normalized spacial score (nSPS) is 17.1. The quantitative estimate of drug-likeness (QED) is 0.906. The molecule has 6 heteroatoms. The summed E-state index contributed by atoms with van der Waals surface area (Å²) in [5.41, 5.74) is 1.11. The summed E-state index contributed by atoms with van der Waals surface area (Å²) in [6.45, 7) is 4.00. The van der Waals surface area contributed by atoms with Gasteiger partial charge < -0.3 is 15.4 Å². The molecule has 2 heterocycles. The van der Waals surface area contributed by atoms with Crippen molar-refractivity contribution >= 4 is 28.2 Å². The molecule has 1 atom stereocenters. The lowest BCUT2D eigenvalue weighted by Crippen LogP contribution is -2.22. The van der Waals surface area contributed by atoms with E-state index in [4.69, 9.17) is 4.74 Å². The first-order valence-corrected chi connectivity index (χ1v) is 8.13. The van der Waals surface area contributed by atoms with E-state index in [1.807, 2.05) is 45.2 Å². The Morgan fingerprint density at radius 3 is 2.73 bits per heavy atom. The van der Waals surface area contributed by atoms with E-state index in [0.717, 1.165) is 21.3 Å². The van der Waals surface area contributed by atoms with Gasteiger partial charge in [0.05, 0.1) is 11.0 Å². The lowest BCUT2D eigenvalue weighted by molar-refractivity contribution is -0.116. The van der Waals surface area contributed by atoms with E-state index < -0.39 is 0 Å². The maximum absolute atomic E-state index is 11.9. The lowest BCUT2D eigenvalue weighted by atomic mass is 9.91. The molecule has 0 radical (unpaired) electrons. The largest absolute Gasteiger partial charge is 0.491 e. The van der Waals surface area contributed by atoms with E-state index in [2.05, 4.69) is 15.6 Å². The zero-order chi connectivity index (χ0) is 15.7. The molecule has 116 valence electrons. The van der Waals surface area contributed by atoms with Crippen molar-refractivity contribution in [2.75, 3.05) is 17.7 Å². The van der Waals surface area contributed by atoms with Crippen molar-refractivity contribution in [3.63, 3.8) is 0 Å². The molecule has 0 spiro atoms. The SMILES string of the molecule is CNc1nc2c(s1)C(c1ccc(OC(C)C)cc1)CC(=O)N2. The predicted molar refractivity (Wildman–Crippen MR) is 89.0 cm³/mol. The van der Waals surface area contributed by atoms with Gasteiger partial charge in [-0.25, -0.2) is 4.98 Å². The summed E-state index contributed by atoms with van der Waals surface area (Å²) in [5.74, 6) is 1.59. The number of hydrogen-bond acceptors (Lipinski definition) is 5. The molecular weight excluding hydrogens is 298 g/mol. The lowest BCUT2D eigenvalue weighted by Gasteiger charge is -2.22. The zero-order valence-electron chi connectivity index (χ0n) is 12.8. The van der Waals surface area contributed by atoms with Gasteiger partial charge in [-0.05, 0) is 31.5 Å². The fourth-order valence-electron chi connectivity index (χ4n) is 2.55. The van der Waals surface area contributed by atoms with Crippen LogP contribution in [0, 0.1) is 0 Å². The number of aromatic nitrogens is 1. The number of nitrogens with one attached hydrogen (secondary N) is 2. The third kappa shape index (κ3) is 2.92. The van der Waals surface area contributed by atoms with Gasteiger partial charge in [0.2, 0.25) is 5.91 Å². The van der Waals surface area contributed by atoms with Gasteiger partial charge in [0.1, 0.15) is 11.6 Å². The molecule has 1 aromatic heterocycles. The van der Waals surface area contributed by atoms with Crippen molar-refractivity contribution in [3.05, 3.63) is 34.7 Å². The number of thiazole rings is 1. The molecule has 3 rings (SSSR count). The standard InChI is InChI=1S/C16H19N3O2S/c1-9(2)21-11-6-4-10(5-7-11)12-8-13(20)18-15-14(12)22-16(17-3)19-15/h4-7,9,12H,8H2,1-3H3,(H,17,19)(H,18,20). The summed E-state index contributed by atoms with van der Waals surface area (Å²) >= 11 is 1.59. The maximum atomic E-state index is 11.9. The van der Waals surface area contributed by atoms with Crippen LogP contribution in [0.4, 0.5) is 10.9 Å². The number of benzene rings is 1. The second-order valence-electron chi connectivity index (χ2n) is 5.52. The van der Waals surface area contributed by atoms with Crippen LogP contribution in [0.15, 0.2) is 24.3 Å². The molecule has 0 saturated carbocycles. The second-order valence-corrected chi connectivity index (χ2v) is 6.55. The topological polar surface area (TPSA) is 63.3 Å². The Morgan fingerprint density at radius 1 is 1.36 bits per heavy atom. The van der Waals surface area contributed by atoms with Gasteiger partial charge in [-0.15, -0.1) is 0 Å². The van der Waals surface area contributed by atoms with Crippen molar-refractivity contribution in [2.45, 2.75) is 32.3 Å². The van der Waals surface area contributed by atoms with Crippen LogP contribution in [0.25, 0.3) is 0 Å². The number of rotatable bonds is 4. The molecule has 5 nitrogen and oxygen atoms in total. The Labute approximate surface area is 133 Å². The number of ether oxygens (including phenoxy) is 1. The fraction of sp³-hybridized carbons (Fsp3) is 0.375. The van der Waals surface area contributed by atoms with Crippen LogP contribution in [-0.4, -0.2) is 24.0 Å². The first kappa shape index (κ1) is 14.8. The van der Waals surface area contributed by atoms with Crippen LogP contribution in [0.2, 0.25) is 0 Å². The number of nitrogens with zero attached hydrogens (tertiary/aromatic N) is 1. The molecular formula is C16H19N3O2S. The van der Waals surface area contributed by atoms with Gasteiger partial charge >= 0.3 is 0 Å². The molecule has 0 aliphatic carbocycles. The van der Waals surface area contributed by atoms with E-state index in [0.29, 0.717) is 12.2 Å². The minimum absolute atomic E-state index is 0.00737. The molecule has 1 aliphatic rings. The third-order valence-electron chi connectivity index (χ3n) is 3.49. The van der Waals surface area contributed by atoms with Gasteiger partial charge in [0, 0.05) is 19.4 Å². The average Bonchev–Trinajstić information content (AvgIpc) is 2.89. The maximum Gasteiger partial charge on any atom is 0.226 e. The van der Waals surface area contributed by atoms with Crippen molar-refractivity contribution < 1.29 is 9.53 Å². The highest BCUT2D eigenvalue weighted by molar-refractivity contribution is 7.16. The Kier molecular flexibility index (Phi) is 4.02. The van der Waals surface area contributed by atoms with Crippen molar-refractivity contribution in [3.8, 4) is 5.75 Å². The molecule has 1 aliphatic heterocycles. The molecule has 2 N–H and O–H groups in total. The Balaban J connectivity index is 1.91. The molecule has 0 fully saturated rings. The van der Waals surface area contributed by atoms with E-state index >= 15 is 0 Å². The Bertz CT molecular complexity index is 679. The number of anilines is 2. The average molecular weight is 317 g/mol. The van der Waals surface area contributed by atoms with Crippen molar-refractivity contribution in [1.29, 1.82) is 0 Å². The summed E-state index contributed by atoms with van der Waals surface area (Å²) in [7, 11) is 1.83. The molecule has 1 amide bonds. The van der Waals surface area contributed by atoms with Crippen LogP contribution < -0.4 is 15.4 Å². The number of amides is 1. The van der Waals surface area contributed by atoms with Gasteiger partial charge in [-0.1, -0.05) is 23.5 Å². The van der Waals surface area contributed by atoms with E-state index in [-0.39, 0.29) is 17.9 Å². The van der Waals surface area contributed by atoms with Crippen LogP contribution >= 0.6 is 11.3 Å². The summed E-state index contributed by atoms with van der Waals surface area (Å²) in [5, 5.41) is 6.70. The molecule has 2 aromatic rings. The fourth-order valence-corrected chi connectivity index (χ4v) is 3.55. The summed E-state index contributed by atoms with van der Waals surface area (Å²) in [6, 6.07) is 7.98. The van der Waals surface area contributed by atoms with Gasteiger partial charge in [-0.2, -0.15) is 0 Å². The summed E-state index contributed by atoms with van der Waals surface area (Å²) in [4.78, 5) is 17.4. The smallest absolute Gasteiger partial charge is 0.226 e. The van der Waals surface area contributed by atoms with Gasteiger partial charge in [-0.3, -0.25) is 4.79 Å². The summed E-state index contributed by atoms with van der Waals surface area (Å²) < 4.78 is 5.67. The second kappa shape index (κ2) is 5.96. The van der Waals surface area contributed by atoms with Crippen molar-refractivity contribution in [1.82, 2.24) is 4.98 Å². The van der Waals surface area contributed by atoms with Gasteiger partial charge in [0.15, 0.2) is 5.13 Å². The third-order valence-corrected chi connectivity index (χ3v) is 4.67.